The Bertz CT molecular complexity index is 870. The van der Waals surface area contributed by atoms with E-state index in [1.807, 2.05) is 11.9 Å². The number of benzene rings is 1. The van der Waals surface area contributed by atoms with Crippen molar-refractivity contribution < 1.29 is 14.1 Å². The Kier molecular flexibility index (Phi) is 6.98. The molecular weight excluding hydrogens is 376 g/mol. The minimum Gasteiger partial charge on any atom is -0.407 e. The number of non-ortho nitro benzene ring substituents is 1. The zero-order chi connectivity index (χ0) is 18.7. The molecule has 1 fully saturated rings. The Morgan fingerprint density at radius 2 is 2.07 bits per heavy atom. The summed E-state index contributed by atoms with van der Waals surface area (Å²) in [6.45, 7) is 1.84. The minimum absolute atomic E-state index is 0. The van der Waals surface area contributed by atoms with Crippen molar-refractivity contribution in [1.82, 2.24) is 14.8 Å². The normalized spacial score (nSPS) is 14.9. The Labute approximate surface area is 161 Å². The lowest BCUT2D eigenvalue weighted by Crippen LogP contribution is -2.43. The molecule has 0 spiro atoms. The highest BCUT2D eigenvalue weighted by atomic mass is 35.5. The lowest BCUT2D eigenvalue weighted by molar-refractivity contribution is -0.384. The number of carbonyl (C=O) groups is 1. The number of oxazole rings is 1. The van der Waals surface area contributed by atoms with Crippen LogP contribution in [0.2, 0.25) is 0 Å². The van der Waals surface area contributed by atoms with Gasteiger partial charge in [0.05, 0.1) is 16.5 Å². The Morgan fingerprint density at radius 3 is 2.70 bits per heavy atom. The third-order valence-corrected chi connectivity index (χ3v) is 4.89. The molecule has 0 aliphatic carbocycles. The van der Waals surface area contributed by atoms with Crippen molar-refractivity contribution in [2.24, 2.45) is 0 Å². The number of rotatable bonds is 6. The second-order valence-electron chi connectivity index (χ2n) is 6.48. The van der Waals surface area contributed by atoms with Crippen molar-refractivity contribution in [3.05, 3.63) is 38.9 Å². The summed E-state index contributed by atoms with van der Waals surface area (Å²) in [4.78, 5) is 36.4. The second kappa shape index (κ2) is 9.01. The molecule has 0 radical (unpaired) electrons. The number of nitro groups is 1. The summed E-state index contributed by atoms with van der Waals surface area (Å²) in [6, 6.07) is 4.55. The van der Waals surface area contributed by atoms with Gasteiger partial charge in [0.1, 0.15) is 0 Å². The molecule has 1 aliphatic rings. The average molecular weight is 399 g/mol. The standard InChI is InChI=1S/C17H22N4O5.ClH/c1-18-12-6-9-19(10-7-12)16(22)3-2-8-20-14-5-4-13(21(24)25)11-15(14)26-17(20)23;/h4-5,11-12,18H,2-3,6-10H2,1H3;1H. The van der Waals surface area contributed by atoms with Crippen LogP contribution in [0.3, 0.4) is 0 Å². The number of nitrogens with zero attached hydrogens (tertiary/aromatic N) is 3. The number of nitrogens with one attached hydrogen (secondary N) is 1. The van der Waals surface area contributed by atoms with Crippen LogP contribution in [-0.2, 0) is 11.3 Å². The van der Waals surface area contributed by atoms with Gasteiger partial charge in [-0.05, 0) is 32.4 Å². The monoisotopic (exact) mass is 398 g/mol. The number of hydrogen-bond donors (Lipinski definition) is 1. The first kappa shape index (κ1) is 20.9. The van der Waals surface area contributed by atoms with Crippen LogP contribution in [0.15, 0.2) is 27.4 Å². The van der Waals surface area contributed by atoms with Crippen LogP contribution in [0.1, 0.15) is 25.7 Å². The van der Waals surface area contributed by atoms with Crippen molar-refractivity contribution in [2.45, 2.75) is 38.3 Å². The van der Waals surface area contributed by atoms with Crippen molar-refractivity contribution in [3.8, 4) is 0 Å². The number of fused-ring (bicyclic) bond motifs is 1. The molecule has 148 valence electrons. The van der Waals surface area contributed by atoms with Crippen LogP contribution >= 0.6 is 12.4 Å². The third-order valence-electron chi connectivity index (χ3n) is 4.89. The molecule has 0 unspecified atom stereocenters. The van der Waals surface area contributed by atoms with E-state index in [-0.39, 0.29) is 29.6 Å². The first-order chi connectivity index (χ1) is 12.5. The summed E-state index contributed by atoms with van der Waals surface area (Å²) in [5, 5.41) is 14.0. The largest absolute Gasteiger partial charge is 0.419 e. The Balaban J connectivity index is 0.00000261. The number of amides is 1. The van der Waals surface area contributed by atoms with Gasteiger partial charge in [0, 0.05) is 38.2 Å². The number of nitro benzene ring substituents is 1. The molecule has 1 aliphatic heterocycles. The number of aromatic nitrogens is 1. The maximum atomic E-state index is 12.3. The van der Waals surface area contributed by atoms with Gasteiger partial charge >= 0.3 is 5.76 Å². The van der Waals surface area contributed by atoms with E-state index in [2.05, 4.69) is 5.32 Å². The molecular formula is C17H23ClN4O5. The van der Waals surface area contributed by atoms with E-state index in [0.717, 1.165) is 25.9 Å². The quantitative estimate of drug-likeness (QED) is 0.587. The van der Waals surface area contributed by atoms with Gasteiger partial charge in [-0.15, -0.1) is 12.4 Å². The molecule has 3 rings (SSSR count). The zero-order valence-corrected chi connectivity index (χ0v) is 15.9. The maximum absolute atomic E-state index is 12.3. The molecule has 0 atom stereocenters. The number of halogens is 1. The summed E-state index contributed by atoms with van der Waals surface area (Å²) < 4.78 is 6.50. The third kappa shape index (κ3) is 4.67. The molecule has 2 heterocycles. The summed E-state index contributed by atoms with van der Waals surface area (Å²) in [5.74, 6) is -0.473. The van der Waals surface area contributed by atoms with Gasteiger partial charge in [-0.1, -0.05) is 0 Å². The topological polar surface area (TPSA) is 111 Å². The minimum atomic E-state index is -0.567. The number of hydrogen-bond acceptors (Lipinski definition) is 6. The van der Waals surface area contributed by atoms with E-state index < -0.39 is 10.7 Å². The van der Waals surface area contributed by atoms with Gasteiger partial charge in [0.25, 0.3) is 5.69 Å². The van der Waals surface area contributed by atoms with E-state index in [0.29, 0.717) is 30.9 Å². The highest BCUT2D eigenvalue weighted by molar-refractivity contribution is 5.85. The summed E-state index contributed by atoms with van der Waals surface area (Å²) >= 11 is 0. The van der Waals surface area contributed by atoms with E-state index in [1.54, 1.807) is 0 Å². The molecule has 2 aromatic rings. The fourth-order valence-electron chi connectivity index (χ4n) is 3.34. The van der Waals surface area contributed by atoms with Crippen LogP contribution in [-0.4, -0.2) is 46.5 Å². The van der Waals surface area contributed by atoms with E-state index >= 15 is 0 Å². The molecule has 1 amide bonds. The van der Waals surface area contributed by atoms with Gasteiger partial charge in [-0.2, -0.15) is 0 Å². The summed E-state index contributed by atoms with van der Waals surface area (Å²) in [5.41, 5.74) is 0.561. The van der Waals surface area contributed by atoms with Gasteiger partial charge in [-0.25, -0.2) is 4.79 Å². The van der Waals surface area contributed by atoms with Crippen molar-refractivity contribution >= 4 is 35.1 Å². The highest BCUT2D eigenvalue weighted by Gasteiger charge is 2.21. The molecule has 9 nitrogen and oxygen atoms in total. The highest BCUT2D eigenvalue weighted by Crippen LogP contribution is 2.20. The van der Waals surface area contributed by atoms with Crippen LogP contribution in [0, 0.1) is 10.1 Å². The number of carbonyl (C=O) groups excluding carboxylic acids is 1. The Hall–Kier alpha value is -2.39. The lowest BCUT2D eigenvalue weighted by atomic mass is 10.0. The molecule has 27 heavy (non-hydrogen) atoms. The molecule has 0 bridgehead atoms. The van der Waals surface area contributed by atoms with Gasteiger partial charge < -0.3 is 14.6 Å². The van der Waals surface area contributed by atoms with Crippen LogP contribution < -0.4 is 11.1 Å². The fourth-order valence-corrected chi connectivity index (χ4v) is 3.34. The van der Waals surface area contributed by atoms with Gasteiger partial charge in [0.2, 0.25) is 5.91 Å². The predicted octanol–water partition coefficient (Wildman–Crippen LogP) is 1.92. The first-order valence-corrected chi connectivity index (χ1v) is 8.72. The number of piperidine rings is 1. The van der Waals surface area contributed by atoms with E-state index in [4.69, 9.17) is 4.42 Å². The van der Waals surface area contributed by atoms with Gasteiger partial charge in [-0.3, -0.25) is 19.5 Å². The smallest absolute Gasteiger partial charge is 0.407 e. The summed E-state index contributed by atoms with van der Waals surface area (Å²) in [7, 11) is 1.93. The summed E-state index contributed by atoms with van der Waals surface area (Å²) in [6.07, 6.45) is 2.77. The fraction of sp³-hybridized carbons (Fsp3) is 0.529. The van der Waals surface area contributed by atoms with Crippen molar-refractivity contribution in [1.29, 1.82) is 0 Å². The van der Waals surface area contributed by atoms with Crippen LogP contribution in [0.5, 0.6) is 0 Å². The predicted molar refractivity (Wildman–Crippen MR) is 102 cm³/mol. The molecule has 1 aromatic carbocycles. The van der Waals surface area contributed by atoms with Gasteiger partial charge in [0.15, 0.2) is 5.58 Å². The van der Waals surface area contributed by atoms with Crippen molar-refractivity contribution in [2.75, 3.05) is 20.1 Å². The zero-order valence-electron chi connectivity index (χ0n) is 15.1. The average Bonchev–Trinajstić information content (AvgIpc) is 2.96. The molecule has 1 saturated heterocycles. The number of aryl methyl sites for hydroxylation is 1. The van der Waals surface area contributed by atoms with Crippen LogP contribution in [0.4, 0.5) is 5.69 Å². The first-order valence-electron chi connectivity index (χ1n) is 8.72. The molecule has 10 heteroatoms. The molecule has 1 aromatic heterocycles. The lowest BCUT2D eigenvalue weighted by Gasteiger charge is -2.31. The van der Waals surface area contributed by atoms with Crippen LogP contribution in [0.25, 0.3) is 11.1 Å². The second-order valence-corrected chi connectivity index (χ2v) is 6.48. The van der Waals surface area contributed by atoms with E-state index in [9.17, 15) is 19.7 Å². The van der Waals surface area contributed by atoms with Crippen molar-refractivity contribution in [3.63, 3.8) is 0 Å². The SMILES string of the molecule is CNC1CCN(C(=O)CCCn2c(=O)oc3cc([N+](=O)[O-])ccc32)CC1.Cl. The molecule has 1 N–H and O–H groups in total. The molecule has 0 saturated carbocycles. The maximum Gasteiger partial charge on any atom is 0.419 e. The number of likely N-dealkylation sites (tertiary alicyclic amines) is 1. The Morgan fingerprint density at radius 1 is 1.37 bits per heavy atom. The van der Waals surface area contributed by atoms with E-state index in [1.165, 1.54) is 22.8 Å².